The summed E-state index contributed by atoms with van der Waals surface area (Å²) < 4.78 is 0. The Kier molecular flexibility index (Phi) is 7.72. The third kappa shape index (κ3) is 6.85. The van der Waals surface area contributed by atoms with Gasteiger partial charge in [-0.05, 0) is 65.9 Å². The number of anilines is 4. The van der Waals surface area contributed by atoms with E-state index in [0.717, 1.165) is 33.7 Å². The fourth-order valence-electron chi connectivity index (χ4n) is 3.83. The first-order valence-electron chi connectivity index (χ1n) is 12.3. The normalized spacial score (nSPS) is 12.2. The molecule has 0 saturated heterocycles. The minimum absolute atomic E-state index is 0.125. The smallest absolute Gasteiger partial charge is 0.224 e. The van der Waals surface area contributed by atoms with Gasteiger partial charge in [-0.25, -0.2) is 15.0 Å². The number of hydrogen-bond acceptors (Lipinski definition) is 4. The van der Waals surface area contributed by atoms with E-state index in [1.165, 1.54) is 5.56 Å². The third-order valence-electron chi connectivity index (χ3n) is 5.93. The number of hydrogen-bond donors (Lipinski definition) is 3. The SMILES string of the molecule is C=C/C=N\C(=N/CN(C)c1ccc2nc(Nc3ccc(C(C)(C)C)cc3)[nH]c2c1)Nc1cccc(C)c1. The van der Waals surface area contributed by atoms with Crippen molar-refractivity contribution in [3.8, 4) is 0 Å². The van der Waals surface area contributed by atoms with Crippen LogP contribution in [0.1, 0.15) is 31.9 Å². The Balaban J connectivity index is 1.47. The molecule has 1 heterocycles. The van der Waals surface area contributed by atoms with Gasteiger partial charge in [0.05, 0.1) is 11.0 Å². The van der Waals surface area contributed by atoms with Gasteiger partial charge in [0.15, 0.2) is 0 Å². The van der Waals surface area contributed by atoms with Crippen LogP contribution in [0.25, 0.3) is 11.0 Å². The molecule has 0 aliphatic carbocycles. The number of imidazole rings is 1. The van der Waals surface area contributed by atoms with Gasteiger partial charge in [0.1, 0.15) is 6.67 Å². The number of fused-ring (bicyclic) bond motifs is 1. The van der Waals surface area contributed by atoms with Crippen LogP contribution < -0.4 is 15.5 Å². The van der Waals surface area contributed by atoms with Gasteiger partial charge in [0.25, 0.3) is 0 Å². The van der Waals surface area contributed by atoms with Crippen molar-refractivity contribution in [3.05, 3.63) is 90.5 Å². The Bertz CT molecular complexity index is 1420. The quantitative estimate of drug-likeness (QED) is 0.191. The molecule has 0 saturated carbocycles. The number of aromatic nitrogens is 2. The van der Waals surface area contributed by atoms with Crippen molar-refractivity contribution in [1.29, 1.82) is 0 Å². The molecule has 4 aromatic rings. The summed E-state index contributed by atoms with van der Waals surface area (Å²) in [6.07, 6.45) is 3.26. The summed E-state index contributed by atoms with van der Waals surface area (Å²) in [5.74, 6) is 1.23. The van der Waals surface area contributed by atoms with Crippen LogP contribution >= 0.6 is 0 Å². The maximum Gasteiger partial charge on any atom is 0.224 e. The first kappa shape index (κ1) is 25.7. The van der Waals surface area contributed by atoms with Crippen LogP contribution in [-0.2, 0) is 5.41 Å². The van der Waals surface area contributed by atoms with E-state index in [0.29, 0.717) is 18.6 Å². The molecule has 0 amide bonds. The standard InChI is InChI=1S/C30H35N7/c1-7-17-31-28(34-24-10-8-9-21(2)18-24)32-20-37(6)25-15-16-26-27(19-25)36-29(35-26)33-23-13-11-22(12-14-23)30(3,4)5/h7-19H,1,20H2,2-6H3,(H,32,34)(H2,33,35,36)/b31-17-. The zero-order valence-electron chi connectivity index (χ0n) is 22.2. The molecule has 0 aliphatic rings. The second-order valence-electron chi connectivity index (χ2n) is 10.1. The lowest BCUT2D eigenvalue weighted by Crippen LogP contribution is -2.20. The predicted molar refractivity (Wildman–Crippen MR) is 159 cm³/mol. The number of aliphatic imine (C=N–C) groups is 2. The Morgan fingerprint density at radius 2 is 1.84 bits per heavy atom. The number of nitrogens with one attached hydrogen (secondary N) is 3. The lowest BCUT2D eigenvalue weighted by Gasteiger charge is -2.19. The Morgan fingerprint density at radius 3 is 2.54 bits per heavy atom. The van der Waals surface area contributed by atoms with Crippen LogP contribution in [0.4, 0.5) is 23.0 Å². The first-order valence-corrected chi connectivity index (χ1v) is 12.3. The number of aromatic amines is 1. The number of aryl methyl sites for hydroxylation is 1. The van der Waals surface area contributed by atoms with E-state index in [9.17, 15) is 0 Å². The second kappa shape index (κ2) is 11.1. The van der Waals surface area contributed by atoms with Crippen LogP contribution in [0.3, 0.4) is 0 Å². The Morgan fingerprint density at radius 1 is 1.05 bits per heavy atom. The molecule has 0 aliphatic heterocycles. The van der Waals surface area contributed by atoms with E-state index in [-0.39, 0.29) is 5.41 Å². The van der Waals surface area contributed by atoms with Crippen LogP contribution in [0.5, 0.6) is 0 Å². The molecule has 3 aromatic carbocycles. The lowest BCUT2D eigenvalue weighted by atomic mass is 9.87. The summed E-state index contributed by atoms with van der Waals surface area (Å²) in [6.45, 7) is 12.8. The zero-order chi connectivity index (χ0) is 26.4. The van der Waals surface area contributed by atoms with Crippen LogP contribution in [0.15, 0.2) is 89.4 Å². The maximum atomic E-state index is 4.69. The lowest BCUT2D eigenvalue weighted by molar-refractivity contribution is 0.590. The van der Waals surface area contributed by atoms with Gasteiger partial charge < -0.3 is 20.5 Å². The van der Waals surface area contributed by atoms with Crippen molar-refractivity contribution < 1.29 is 0 Å². The molecule has 4 rings (SSSR count). The molecular formula is C30H35N7. The predicted octanol–water partition coefficient (Wildman–Crippen LogP) is 7.03. The fraction of sp³-hybridized carbons (Fsp3) is 0.233. The summed E-state index contributed by atoms with van der Waals surface area (Å²) in [5.41, 5.74) is 7.38. The number of rotatable bonds is 7. The maximum absolute atomic E-state index is 4.69. The average Bonchev–Trinajstić information content (AvgIpc) is 3.26. The Hall–Kier alpha value is -4.39. The molecule has 0 radical (unpaired) electrons. The highest BCUT2D eigenvalue weighted by molar-refractivity contribution is 5.99. The molecule has 0 unspecified atom stereocenters. The molecule has 0 atom stereocenters. The monoisotopic (exact) mass is 493 g/mol. The van der Waals surface area contributed by atoms with Crippen LogP contribution in [-0.4, -0.2) is 35.9 Å². The van der Waals surface area contributed by atoms with Gasteiger partial charge in [-0.1, -0.05) is 57.7 Å². The Labute approximate surface area is 219 Å². The second-order valence-corrected chi connectivity index (χ2v) is 10.1. The summed E-state index contributed by atoms with van der Waals surface area (Å²) in [6, 6.07) is 22.7. The molecule has 0 spiro atoms. The van der Waals surface area contributed by atoms with Crippen molar-refractivity contribution in [2.75, 3.05) is 29.2 Å². The molecule has 7 heteroatoms. The fourth-order valence-corrected chi connectivity index (χ4v) is 3.83. The highest BCUT2D eigenvalue weighted by atomic mass is 15.2. The topological polar surface area (TPSA) is 80.7 Å². The average molecular weight is 494 g/mol. The molecule has 7 nitrogen and oxygen atoms in total. The molecule has 0 fully saturated rings. The van der Waals surface area contributed by atoms with Gasteiger partial charge in [0.2, 0.25) is 11.9 Å². The minimum atomic E-state index is 0.125. The number of allylic oxidation sites excluding steroid dienone is 1. The van der Waals surface area contributed by atoms with Crippen molar-refractivity contribution in [3.63, 3.8) is 0 Å². The number of benzene rings is 3. The van der Waals surface area contributed by atoms with Crippen molar-refractivity contribution in [2.24, 2.45) is 9.98 Å². The van der Waals surface area contributed by atoms with Gasteiger partial charge >= 0.3 is 0 Å². The van der Waals surface area contributed by atoms with Gasteiger partial charge in [0, 0.05) is 30.3 Å². The zero-order valence-corrected chi connectivity index (χ0v) is 22.2. The van der Waals surface area contributed by atoms with E-state index < -0.39 is 0 Å². The van der Waals surface area contributed by atoms with E-state index in [1.54, 1.807) is 12.3 Å². The van der Waals surface area contributed by atoms with Crippen LogP contribution in [0.2, 0.25) is 0 Å². The van der Waals surface area contributed by atoms with Crippen molar-refractivity contribution in [1.82, 2.24) is 9.97 Å². The van der Waals surface area contributed by atoms with E-state index >= 15 is 0 Å². The summed E-state index contributed by atoms with van der Waals surface area (Å²) in [5, 5.41) is 6.66. The van der Waals surface area contributed by atoms with E-state index in [4.69, 9.17) is 4.98 Å². The van der Waals surface area contributed by atoms with Crippen molar-refractivity contribution in [2.45, 2.75) is 33.1 Å². The van der Waals surface area contributed by atoms with Crippen molar-refractivity contribution >= 4 is 46.2 Å². The summed E-state index contributed by atoms with van der Waals surface area (Å²) in [7, 11) is 2.00. The van der Waals surface area contributed by atoms with Crippen LogP contribution in [0, 0.1) is 6.92 Å². The van der Waals surface area contributed by atoms with E-state index in [1.807, 2.05) is 31.3 Å². The number of nitrogens with zero attached hydrogens (tertiary/aromatic N) is 4. The number of guanidine groups is 1. The van der Waals surface area contributed by atoms with Gasteiger partial charge in [-0.3, -0.25) is 0 Å². The largest absolute Gasteiger partial charge is 0.355 e. The first-order chi connectivity index (χ1) is 17.7. The highest BCUT2D eigenvalue weighted by Crippen LogP contribution is 2.26. The molecule has 3 N–H and O–H groups in total. The highest BCUT2D eigenvalue weighted by Gasteiger charge is 2.13. The number of H-pyrrole nitrogens is 1. The molecule has 1 aromatic heterocycles. The molecular weight excluding hydrogens is 458 g/mol. The molecule has 190 valence electrons. The third-order valence-corrected chi connectivity index (χ3v) is 5.93. The minimum Gasteiger partial charge on any atom is -0.355 e. The molecule has 37 heavy (non-hydrogen) atoms. The summed E-state index contributed by atoms with van der Waals surface area (Å²) >= 11 is 0. The van der Waals surface area contributed by atoms with Gasteiger partial charge in [-0.15, -0.1) is 0 Å². The van der Waals surface area contributed by atoms with E-state index in [2.05, 4.69) is 107 Å². The summed E-state index contributed by atoms with van der Waals surface area (Å²) in [4.78, 5) is 19.2. The van der Waals surface area contributed by atoms with Gasteiger partial charge in [-0.2, -0.15) is 0 Å². The molecule has 0 bridgehead atoms.